The predicted molar refractivity (Wildman–Crippen MR) is 121 cm³/mol. The topological polar surface area (TPSA) is 36.4 Å². The zero-order valence-corrected chi connectivity index (χ0v) is 18.9. The van der Waals surface area contributed by atoms with Crippen molar-refractivity contribution >= 4 is 79.5 Å². The smallest absolute Gasteiger partial charge is 0.270 e. The van der Waals surface area contributed by atoms with E-state index in [4.69, 9.17) is 23.2 Å². The van der Waals surface area contributed by atoms with Gasteiger partial charge in [-0.15, -0.1) is 23.7 Å². The van der Waals surface area contributed by atoms with Crippen molar-refractivity contribution in [3.8, 4) is 0 Å². The van der Waals surface area contributed by atoms with Gasteiger partial charge in [0, 0.05) is 18.1 Å². The van der Waals surface area contributed by atoms with Gasteiger partial charge in [0.25, 0.3) is 5.91 Å². The van der Waals surface area contributed by atoms with Gasteiger partial charge in [0.15, 0.2) is 5.13 Å². The van der Waals surface area contributed by atoms with Gasteiger partial charge in [-0.25, -0.2) is 4.98 Å². The molecule has 0 saturated carbocycles. The molecular weight excluding hydrogens is 445 g/mol. The number of thiazole rings is 1. The predicted octanol–water partition coefficient (Wildman–Crippen LogP) is 6.08. The zero-order chi connectivity index (χ0) is 18.7. The second kappa shape index (κ2) is 10.0. The third-order valence-electron chi connectivity index (χ3n) is 4.13. The first-order chi connectivity index (χ1) is 12.5. The van der Waals surface area contributed by atoms with E-state index in [9.17, 15) is 4.79 Å². The van der Waals surface area contributed by atoms with Crippen LogP contribution >= 0.6 is 58.3 Å². The van der Waals surface area contributed by atoms with Crippen molar-refractivity contribution in [3.63, 3.8) is 0 Å². The molecule has 0 saturated heterocycles. The number of thiophene rings is 1. The van der Waals surface area contributed by atoms with E-state index in [1.54, 1.807) is 17.0 Å². The van der Waals surface area contributed by atoms with Crippen LogP contribution in [0.2, 0.25) is 9.36 Å². The Morgan fingerprint density at radius 3 is 2.44 bits per heavy atom. The van der Waals surface area contributed by atoms with Gasteiger partial charge in [-0.05, 0) is 43.4 Å². The molecule has 3 rings (SSSR count). The van der Waals surface area contributed by atoms with Crippen molar-refractivity contribution < 1.29 is 4.79 Å². The minimum Gasteiger partial charge on any atom is -0.302 e. The molecule has 0 aliphatic carbocycles. The Kier molecular flexibility index (Phi) is 8.34. The molecule has 0 fully saturated rings. The Morgan fingerprint density at radius 2 is 1.81 bits per heavy atom. The molecule has 2 aromatic heterocycles. The second-order valence-electron chi connectivity index (χ2n) is 5.70. The number of carbonyl (C=O) groups excluding carboxylic acids is 1. The number of likely N-dealkylation sites (N-methyl/N-ethyl adjacent to an activating group) is 1. The highest BCUT2D eigenvalue weighted by molar-refractivity contribution is 7.22. The first-order valence-electron chi connectivity index (χ1n) is 8.37. The number of hydrogen-bond donors (Lipinski definition) is 0. The minimum atomic E-state index is -0.0702. The summed E-state index contributed by atoms with van der Waals surface area (Å²) in [5.74, 6) is -0.0702. The van der Waals surface area contributed by atoms with Gasteiger partial charge in [-0.2, -0.15) is 0 Å². The Hall–Kier alpha value is -0.890. The lowest BCUT2D eigenvalue weighted by molar-refractivity contribution is 0.0987. The lowest BCUT2D eigenvalue weighted by Crippen LogP contribution is -2.38. The zero-order valence-electron chi connectivity index (χ0n) is 14.9. The van der Waals surface area contributed by atoms with Crippen molar-refractivity contribution in [1.29, 1.82) is 0 Å². The van der Waals surface area contributed by atoms with Crippen LogP contribution in [-0.4, -0.2) is 42.0 Å². The maximum absolute atomic E-state index is 13.1. The van der Waals surface area contributed by atoms with E-state index in [0.717, 1.165) is 29.9 Å². The molecule has 0 aliphatic heterocycles. The van der Waals surface area contributed by atoms with Crippen LogP contribution in [-0.2, 0) is 0 Å². The van der Waals surface area contributed by atoms with Crippen molar-refractivity contribution in [3.05, 3.63) is 44.6 Å². The van der Waals surface area contributed by atoms with E-state index in [1.165, 1.54) is 22.7 Å². The van der Waals surface area contributed by atoms with Crippen LogP contribution in [0, 0.1) is 0 Å². The number of anilines is 1. The number of benzene rings is 1. The highest BCUT2D eigenvalue weighted by atomic mass is 35.5. The molecule has 0 spiro atoms. The third-order valence-corrected chi connectivity index (χ3v) is 6.63. The Morgan fingerprint density at radius 1 is 1.07 bits per heavy atom. The summed E-state index contributed by atoms with van der Waals surface area (Å²) in [5.41, 5.74) is 0.847. The number of halogens is 3. The molecule has 2 heterocycles. The van der Waals surface area contributed by atoms with Gasteiger partial charge in [-0.3, -0.25) is 9.69 Å². The average molecular weight is 465 g/mol. The SMILES string of the molecule is CCN(CC)CCN(C(=O)c1ccc(Cl)s1)c1nc2ccc(Cl)cc2s1.Cl. The molecule has 3 aromatic rings. The standard InChI is InChI=1S/C18H19Cl2N3OS2.ClH/c1-3-22(4-2)9-10-23(17(24)14-7-8-16(20)25-14)18-21-13-6-5-12(19)11-15(13)26-18;/h5-8,11H,3-4,9-10H2,1-2H3;1H. The van der Waals surface area contributed by atoms with E-state index < -0.39 is 0 Å². The van der Waals surface area contributed by atoms with Gasteiger partial charge in [-0.1, -0.05) is 48.4 Å². The third kappa shape index (κ3) is 5.34. The molecule has 0 N–H and O–H groups in total. The molecule has 4 nitrogen and oxygen atoms in total. The average Bonchev–Trinajstić information content (AvgIpc) is 3.24. The number of carbonyl (C=O) groups is 1. The van der Waals surface area contributed by atoms with Gasteiger partial charge in [0.05, 0.1) is 19.4 Å². The van der Waals surface area contributed by atoms with Gasteiger partial charge in [0.1, 0.15) is 0 Å². The summed E-state index contributed by atoms with van der Waals surface area (Å²) in [5, 5.41) is 1.35. The molecule has 1 aromatic carbocycles. The summed E-state index contributed by atoms with van der Waals surface area (Å²) in [6.45, 7) is 7.48. The molecule has 1 amide bonds. The van der Waals surface area contributed by atoms with Crippen LogP contribution in [0.5, 0.6) is 0 Å². The van der Waals surface area contributed by atoms with Crippen LogP contribution in [0.1, 0.15) is 23.5 Å². The fraction of sp³-hybridized carbons (Fsp3) is 0.333. The Labute approximate surface area is 183 Å². The van der Waals surface area contributed by atoms with Crippen LogP contribution in [0.3, 0.4) is 0 Å². The summed E-state index contributed by atoms with van der Waals surface area (Å²) < 4.78 is 1.57. The van der Waals surface area contributed by atoms with E-state index in [-0.39, 0.29) is 18.3 Å². The number of amides is 1. The highest BCUT2D eigenvalue weighted by Crippen LogP contribution is 2.32. The maximum atomic E-state index is 13.1. The van der Waals surface area contributed by atoms with Crippen molar-refractivity contribution in [1.82, 2.24) is 9.88 Å². The summed E-state index contributed by atoms with van der Waals surface area (Å²) in [4.78, 5) is 22.4. The van der Waals surface area contributed by atoms with Crippen LogP contribution in [0.25, 0.3) is 10.2 Å². The van der Waals surface area contributed by atoms with Crippen molar-refractivity contribution in [2.45, 2.75) is 13.8 Å². The summed E-state index contributed by atoms with van der Waals surface area (Å²) in [6.07, 6.45) is 0. The Balaban J connectivity index is 0.00000261. The summed E-state index contributed by atoms with van der Waals surface area (Å²) >= 11 is 14.9. The van der Waals surface area contributed by atoms with Crippen LogP contribution < -0.4 is 4.90 Å². The normalized spacial score (nSPS) is 11.0. The van der Waals surface area contributed by atoms with Gasteiger partial charge < -0.3 is 4.90 Å². The van der Waals surface area contributed by atoms with Crippen LogP contribution in [0.15, 0.2) is 30.3 Å². The molecule has 0 aliphatic rings. The van der Waals surface area contributed by atoms with Gasteiger partial charge >= 0.3 is 0 Å². The van der Waals surface area contributed by atoms with Gasteiger partial charge in [0.2, 0.25) is 0 Å². The fourth-order valence-corrected chi connectivity index (χ4v) is 4.89. The first kappa shape index (κ1) is 22.4. The Bertz CT molecular complexity index is 908. The number of aromatic nitrogens is 1. The molecular formula is C18H20Cl3N3OS2. The lowest BCUT2D eigenvalue weighted by atomic mass is 10.3. The van der Waals surface area contributed by atoms with E-state index in [1.807, 2.05) is 18.2 Å². The molecule has 0 bridgehead atoms. The number of fused-ring (bicyclic) bond motifs is 1. The molecule has 0 radical (unpaired) electrons. The molecule has 0 unspecified atom stereocenters. The van der Waals surface area contributed by atoms with Crippen molar-refractivity contribution in [2.24, 2.45) is 0 Å². The number of hydrogen-bond acceptors (Lipinski definition) is 5. The molecule has 146 valence electrons. The number of rotatable bonds is 7. The van der Waals surface area contributed by atoms with E-state index in [0.29, 0.717) is 25.9 Å². The maximum Gasteiger partial charge on any atom is 0.270 e. The monoisotopic (exact) mass is 463 g/mol. The number of nitrogens with zero attached hydrogens (tertiary/aromatic N) is 3. The highest BCUT2D eigenvalue weighted by Gasteiger charge is 2.23. The minimum absolute atomic E-state index is 0. The molecule has 9 heteroatoms. The molecule has 27 heavy (non-hydrogen) atoms. The lowest BCUT2D eigenvalue weighted by Gasteiger charge is -2.24. The van der Waals surface area contributed by atoms with Crippen molar-refractivity contribution in [2.75, 3.05) is 31.1 Å². The summed E-state index contributed by atoms with van der Waals surface area (Å²) in [7, 11) is 0. The largest absolute Gasteiger partial charge is 0.302 e. The fourth-order valence-electron chi connectivity index (χ4n) is 2.63. The summed E-state index contributed by atoms with van der Waals surface area (Å²) in [6, 6.07) is 9.10. The first-order valence-corrected chi connectivity index (χ1v) is 10.8. The quantitative estimate of drug-likeness (QED) is 0.425. The molecule has 0 atom stereocenters. The second-order valence-corrected chi connectivity index (χ2v) is 8.86. The van der Waals surface area contributed by atoms with Crippen LogP contribution in [0.4, 0.5) is 5.13 Å². The van der Waals surface area contributed by atoms with E-state index in [2.05, 4.69) is 23.7 Å². The van der Waals surface area contributed by atoms with E-state index >= 15 is 0 Å².